The van der Waals surface area contributed by atoms with Crippen LogP contribution in [0.1, 0.15) is 12.5 Å². The van der Waals surface area contributed by atoms with E-state index in [0.29, 0.717) is 19.5 Å². The smallest absolute Gasteiger partial charge is 0.238 e. The van der Waals surface area contributed by atoms with Gasteiger partial charge in [-0.3, -0.25) is 9.69 Å². The van der Waals surface area contributed by atoms with Crippen LogP contribution in [0, 0.1) is 11.3 Å². The third kappa shape index (κ3) is 3.78. The zero-order chi connectivity index (χ0) is 13.9. The number of anilines is 1. The molecule has 1 aromatic rings. The number of carbonyl (C=O) groups excluding carboxylic acids is 1. The Kier molecular flexibility index (Phi) is 3.84. The molecule has 5 nitrogen and oxygen atoms in total. The van der Waals surface area contributed by atoms with Crippen molar-refractivity contribution in [2.45, 2.75) is 18.9 Å². The van der Waals surface area contributed by atoms with Crippen molar-refractivity contribution in [2.75, 3.05) is 25.0 Å². The van der Waals surface area contributed by atoms with Crippen LogP contribution in [-0.4, -0.2) is 41.1 Å². The largest absolute Gasteiger partial charge is 0.388 e. The van der Waals surface area contributed by atoms with Crippen molar-refractivity contribution in [1.82, 2.24) is 4.90 Å². The number of hydrogen-bond acceptors (Lipinski definition) is 4. The predicted molar refractivity (Wildman–Crippen MR) is 71.5 cm³/mol. The van der Waals surface area contributed by atoms with Crippen molar-refractivity contribution in [3.8, 4) is 6.07 Å². The minimum absolute atomic E-state index is 0.0940. The van der Waals surface area contributed by atoms with Gasteiger partial charge in [-0.25, -0.2) is 0 Å². The Morgan fingerprint density at radius 3 is 2.63 bits per heavy atom. The third-order valence-electron chi connectivity index (χ3n) is 3.02. The number of hydrogen-bond donors (Lipinski definition) is 2. The summed E-state index contributed by atoms with van der Waals surface area (Å²) < 4.78 is 0. The van der Waals surface area contributed by atoms with Gasteiger partial charge in [0.1, 0.15) is 0 Å². The van der Waals surface area contributed by atoms with Crippen LogP contribution in [0.2, 0.25) is 0 Å². The lowest BCUT2D eigenvalue weighted by molar-refractivity contribution is -0.125. The van der Waals surface area contributed by atoms with E-state index >= 15 is 0 Å². The summed E-state index contributed by atoms with van der Waals surface area (Å²) in [5.74, 6) is -0.0940. The Morgan fingerprint density at radius 1 is 1.47 bits per heavy atom. The minimum Gasteiger partial charge on any atom is -0.388 e. The fourth-order valence-electron chi connectivity index (χ4n) is 2.23. The number of nitriles is 1. The molecule has 1 aromatic carbocycles. The first-order chi connectivity index (χ1) is 8.98. The summed E-state index contributed by atoms with van der Waals surface area (Å²) in [6.07, 6.45) is 0.372. The molecule has 0 radical (unpaired) electrons. The molecule has 1 amide bonds. The maximum absolute atomic E-state index is 11.8. The van der Waals surface area contributed by atoms with E-state index in [-0.39, 0.29) is 12.5 Å². The number of aliphatic hydroxyl groups is 1. The number of β-amino-alcohol motifs (C(OH)–C–C–N with tert-alkyl or cyclic N) is 1. The summed E-state index contributed by atoms with van der Waals surface area (Å²) in [5, 5.41) is 20.9. The maximum atomic E-state index is 11.8. The topological polar surface area (TPSA) is 76.4 Å². The summed E-state index contributed by atoms with van der Waals surface area (Å²) in [4.78, 5) is 13.6. The van der Waals surface area contributed by atoms with E-state index in [1.54, 1.807) is 19.1 Å². The molecular weight excluding hydrogens is 242 g/mol. The van der Waals surface area contributed by atoms with Crippen molar-refractivity contribution in [3.63, 3.8) is 0 Å². The van der Waals surface area contributed by atoms with Gasteiger partial charge in [0.2, 0.25) is 5.91 Å². The molecule has 0 aliphatic carbocycles. The Bertz CT molecular complexity index is 494. The monoisotopic (exact) mass is 259 g/mol. The average Bonchev–Trinajstić information content (AvgIpc) is 2.29. The number of nitrogens with one attached hydrogen (secondary N) is 1. The molecule has 100 valence electrons. The van der Waals surface area contributed by atoms with Crippen molar-refractivity contribution in [1.29, 1.82) is 5.26 Å². The fraction of sp³-hybridized carbons (Fsp3) is 0.429. The van der Waals surface area contributed by atoms with Crippen LogP contribution in [0.15, 0.2) is 24.3 Å². The van der Waals surface area contributed by atoms with Crippen LogP contribution >= 0.6 is 0 Å². The van der Waals surface area contributed by atoms with Crippen molar-refractivity contribution in [3.05, 3.63) is 29.8 Å². The molecule has 0 bridgehead atoms. The molecule has 0 aromatic heterocycles. The molecule has 0 spiro atoms. The Labute approximate surface area is 112 Å². The molecule has 1 fully saturated rings. The molecule has 1 aliphatic rings. The van der Waals surface area contributed by atoms with Gasteiger partial charge in [-0.05, 0) is 24.6 Å². The lowest BCUT2D eigenvalue weighted by Crippen LogP contribution is -2.61. The molecule has 0 atom stereocenters. The Balaban J connectivity index is 1.81. The van der Waals surface area contributed by atoms with Gasteiger partial charge >= 0.3 is 0 Å². The van der Waals surface area contributed by atoms with Crippen LogP contribution < -0.4 is 5.32 Å². The average molecular weight is 259 g/mol. The van der Waals surface area contributed by atoms with Crippen LogP contribution in [0.25, 0.3) is 0 Å². The highest BCUT2D eigenvalue weighted by molar-refractivity contribution is 5.92. The summed E-state index contributed by atoms with van der Waals surface area (Å²) in [5.41, 5.74) is 0.998. The van der Waals surface area contributed by atoms with E-state index in [1.807, 2.05) is 17.0 Å². The van der Waals surface area contributed by atoms with Gasteiger partial charge in [-0.1, -0.05) is 12.1 Å². The summed E-state index contributed by atoms with van der Waals surface area (Å²) in [6.45, 7) is 3.11. The van der Waals surface area contributed by atoms with Crippen molar-refractivity contribution >= 4 is 11.6 Å². The SMILES string of the molecule is CC1(O)CN(CC(=O)Nc2ccc(CC#N)cc2)C1. The molecule has 0 unspecified atom stereocenters. The van der Waals surface area contributed by atoms with Gasteiger partial charge in [0, 0.05) is 18.8 Å². The zero-order valence-corrected chi connectivity index (χ0v) is 10.9. The van der Waals surface area contributed by atoms with Crippen LogP contribution in [0.3, 0.4) is 0 Å². The summed E-state index contributed by atoms with van der Waals surface area (Å²) >= 11 is 0. The third-order valence-corrected chi connectivity index (χ3v) is 3.02. The van der Waals surface area contributed by atoms with Crippen molar-refractivity contribution < 1.29 is 9.90 Å². The van der Waals surface area contributed by atoms with E-state index < -0.39 is 5.60 Å². The molecular formula is C14H17N3O2. The predicted octanol–water partition coefficient (Wildman–Crippen LogP) is 0.758. The van der Waals surface area contributed by atoms with Gasteiger partial charge in [0.15, 0.2) is 0 Å². The molecule has 1 aliphatic heterocycles. The van der Waals surface area contributed by atoms with E-state index in [2.05, 4.69) is 11.4 Å². The number of carbonyl (C=O) groups is 1. The second-order valence-electron chi connectivity index (χ2n) is 5.22. The number of rotatable bonds is 4. The second-order valence-corrected chi connectivity index (χ2v) is 5.22. The summed E-state index contributed by atoms with van der Waals surface area (Å²) in [7, 11) is 0. The molecule has 1 heterocycles. The lowest BCUT2D eigenvalue weighted by atomic mass is 9.97. The number of nitrogens with zero attached hydrogens (tertiary/aromatic N) is 2. The second kappa shape index (κ2) is 5.39. The Hall–Kier alpha value is -1.90. The number of amides is 1. The first-order valence-electron chi connectivity index (χ1n) is 6.19. The normalized spacial score (nSPS) is 17.3. The van der Waals surface area contributed by atoms with Gasteiger partial charge in [-0.2, -0.15) is 5.26 Å². The molecule has 5 heteroatoms. The van der Waals surface area contributed by atoms with Gasteiger partial charge < -0.3 is 10.4 Å². The van der Waals surface area contributed by atoms with E-state index in [0.717, 1.165) is 11.3 Å². The zero-order valence-electron chi connectivity index (χ0n) is 10.9. The van der Waals surface area contributed by atoms with Crippen LogP contribution in [0.4, 0.5) is 5.69 Å². The van der Waals surface area contributed by atoms with Crippen molar-refractivity contribution in [2.24, 2.45) is 0 Å². The van der Waals surface area contributed by atoms with E-state index in [1.165, 1.54) is 0 Å². The highest BCUT2D eigenvalue weighted by Crippen LogP contribution is 2.19. The molecule has 2 N–H and O–H groups in total. The minimum atomic E-state index is -0.654. The lowest BCUT2D eigenvalue weighted by Gasteiger charge is -2.43. The van der Waals surface area contributed by atoms with Gasteiger partial charge in [0.05, 0.1) is 24.6 Å². The highest BCUT2D eigenvalue weighted by Gasteiger charge is 2.37. The van der Waals surface area contributed by atoms with E-state index in [4.69, 9.17) is 5.26 Å². The fourth-order valence-corrected chi connectivity index (χ4v) is 2.23. The molecule has 1 saturated heterocycles. The van der Waals surface area contributed by atoms with Crippen LogP contribution in [-0.2, 0) is 11.2 Å². The maximum Gasteiger partial charge on any atom is 0.238 e. The summed E-state index contributed by atoms with van der Waals surface area (Å²) in [6, 6.07) is 9.31. The number of benzene rings is 1. The number of likely N-dealkylation sites (tertiary alicyclic amines) is 1. The molecule has 2 rings (SSSR count). The quantitative estimate of drug-likeness (QED) is 0.837. The van der Waals surface area contributed by atoms with Gasteiger partial charge in [-0.15, -0.1) is 0 Å². The first-order valence-corrected chi connectivity index (χ1v) is 6.19. The molecule has 19 heavy (non-hydrogen) atoms. The first kappa shape index (κ1) is 13.5. The standard InChI is InChI=1S/C14H17N3O2/c1-14(19)9-17(10-14)8-13(18)16-12-4-2-11(3-5-12)6-7-15/h2-5,19H,6,8-10H2,1H3,(H,16,18). The molecule has 0 saturated carbocycles. The highest BCUT2D eigenvalue weighted by atomic mass is 16.3. The van der Waals surface area contributed by atoms with E-state index in [9.17, 15) is 9.90 Å². The van der Waals surface area contributed by atoms with Crippen LogP contribution in [0.5, 0.6) is 0 Å². The Morgan fingerprint density at radius 2 is 2.11 bits per heavy atom. The van der Waals surface area contributed by atoms with Gasteiger partial charge in [0.25, 0.3) is 0 Å².